The standard InChI is InChI=1S/C15H20O4/c1-15(2,3)14(17)12(16)9-10-8-11(18-4)6-7-13(10)19-5/h6-8H,9H2,1-5H3. The summed E-state index contributed by atoms with van der Waals surface area (Å²) in [6.07, 6.45) is 0.0243. The molecule has 0 aromatic heterocycles. The molecule has 0 aliphatic rings. The second-order valence-corrected chi connectivity index (χ2v) is 5.36. The van der Waals surface area contributed by atoms with Crippen molar-refractivity contribution in [2.75, 3.05) is 14.2 Å². The minimum Gasteiger partial charge on any atom is -0.497 e. The van der Waals surface area contributed by atoms with Crippen molar-refractivity contribution in [2.24, 2.45) is 5.41 Å². The topological polar surface area (TPSA) is 52.6 Å². The molecule has 0 unspecified atom stereocenters. The third kappa shape index (κ3) is 3.81. The molecule has 1 aromatic rings. The Morgan fingerprint density at radius 3 is 2.21 bits per heavy atom. The van der Waals surface area contributed by atoms with E-state index in [9.17, 15) is 9.59 Å². The quantitative estimate of drug-likeness (QED) is 0.766. The zero-order valence-electron chi connectivity index (χ0n) is 12.1. The summed E-state index contributed by atoms with van der Waals surface area (Å²) < 4.78 is 10.3. The highest BCUT2D eigenvalue weighted by atomic mass is 16.5. The predicted molar refractivity (Wildman–Crippen MR) is 72.7 cm³/mol. The van der Waals surface area contributed by atoms with Gasteiger partial charge in [-0.1, -0.05) is 20.8 Å². The Bertz CT molecular complexity index is 483. The Hall–Kier alpha value is -1.84. The molecule has 1 rings (SSSR count). The Labute approximate surface area is 113 Å². The number of ether oxygens (including phenoxy) is 2. The summed E-state index contributed by atoms with van der Waals surface area (Å²) in [6.45, 7) is 5.20. The van der Waals surface area contributed by atoms with E-state index in [1.54, 1.807) is 46.1 Å². The summed E-state index contributed by atoms with van der Waals surface area (Å²) in [5.74, 6) is 0.416. The van der Waals surface area contributed by atoms with E-state index in [0.29, 0.717) is 17.1 Å². The molecule has 0 heterocycles. The molecule has 0 bridgehead atoms. The van der Waals surface area contributed by atoms with Crippen molar-refractivity contribution in [3.05, 3.63) is 23.8 Å². The minimum absolute atomic E-state index is 0.0243. The molecule has 0 saturated heterocycles. The van der Waals surface area contributed by atoms with Gasteiger partial charge in [0.15, 0.2) is 0 Å². The molecule has 1 aromatic carbocycles. The number of methoxy groups -OCH3 is 2. The molecule has 0 aliphatic heterocycles. The van der Waals surface area contributed by atoms with E-state index in [1.807, 2.05) is 0 Å². The molecular weight excluding hydrogens is 244 g/mol. The Morgan fingerprint density at radius 1 is 1.11 bits per heavy atom. The van der Waals surface area contributed by atoms with Crippen LogP contribution in [0.5, 0.6) is 11.5 Å². The van der Waals surface area contributed by atoms with Gasteiger partial charge in [0, 0.05) is 17.4 Å². The average molecular weight is 264 g/mol. The van der Waals surface area contributed by atoms with E-state index in [-0.39, 0.29) is 12.2 Å². The van der Waals surface area contributed by atoms with Crippen LogP contribution in [-0.4, -0.2) is 25.8 Å². The van der Waals surface area contributed by atoms with Gasteiger partial charge in [-0.2, -0.15) is 0 Å². The lowest BCUT2D eigenvalue weighted by atomic mass is 9.86. The van der Waals surface area contributed by atoms with Crippen molar-refractivity contribution in [1.29, 1.82) is 0 Å². The minimum atomic E-state index is -0.664. The first-order valence-electron chi connectivity index (χ1n) is 6.08. The molecule has 0 saturated carbocycles. The molecule has 19 heavy (non-hydrogen) atoms. The van der Waals surface area contributed by atoms with E-state index in [4.69, 9.17) is 9.47 Å². The molecular formula is C15H20O4. The van der Waals surface area contributed by atoms with Crippen molar-refractivity contribution in [1.82, 2.24) is 0 Å². The number of benzene rings is 1. The summed E-state index contributed by atoms with van der Waals surface area (Å²) in [5, 5.41) is 0. The fourth-order valence-corrected chi connectivity index (χ4v) is 1.69. The monoisotopic (exact) mass is 264 g/mol. The third-order valence-corrected chi connectivity index (χ3v) is 2.77. The third-order valence-electron chi connectivity index (χ3n) is 2.77. The summed E-state index contributed by atoms with van der Waals surface area (Å²) in [6, 6.07) is 5.19. The number of rotatable bonds is 5. The highest BCUT2D eigenvalue weighted by molar-refractivity contribution is 6.39. The molecule has 0 atom stereocenters. The van der Waals surface area contributed by atoms with Crippen LogP contribution in [0, 0.1) is 5.41 Å². The van der Waals surface area contributed by atoms with Gasteiger partial charge in [-0.15, -0.1) is 0 Å². The number of carbonyl (C=O) groups excluding carboxylic acids is 2. The van der Waals surface area contributed by atoms with Gasteiger partial charge in [-0.3, -0.25) is 9.59 Å². The lowest BCUT2D eigenvalue weighted by Gasteiger charge is -2.16. The molecule has 0 spiro atoms. The molecule has 0 radical (unpaired) electrons. The molecule has 0 N–H and O–H groups in total. The number of carbonyl (C=O) groups is 2. The Kier molecular flexibility index (Phi) is 4.70. The van der Waals surface area contributed by atoms with Crippen molar-refractivity contribution in [3.8, 4) is 11.5 Å². The maximum atomic E-state index is 12.0. The van der Waals surface area contributed by atoms with Gasteiger partial charge in [-0.05, 0) is 18.2 Å². The second kappa shape index (κ2) is 5.87. The first-order valence-corrected chi connectivity index (χ1v) is 6.08. The molecule has 0 fully saturated rings. The smallest absolute Gasteiger partial charge is 0.204 e. The SMILES string of the molecule is COc1ccc(OC)c(CC(=O)C(=O)C(C)(C)C)c1. The van der Waals surface area contributed by atoms with Crippen LogP contribution >= 0.6 is 0 Å². The van der Waals surface area contributed by atoms with Crippen molar-refractivity contribution < 1.29 is 19.1 Å². The van der Waals surface area contributed by atoms with Gasteiger partial charge in [0.25, 0.3) is 0 Å². The van der Waals surface area contributed by atoms with Gasteiger partial charge >= 0.3 is 0 Å². The van der Waals surface area contributed by atoms with E-state index >= 15 is 0 Å². The maximum Gasteiger partial charge on any atom is 0.204 e. The van der Waals surface area contributed by atoms with Crippen LogP contribution in [0.3, 0.4) is 0 Å². The normalized spacial score (nSPS) is 11.0. The first-order chi connectivity index (χ1) is 8.79. The van der Waals surface area contributed by atoms with Gasteiger partial charge < -0.3 is 9.47 Å². The van der Waals surface area contributed by atoms with Gasteiger partial charge in [0.2, 0.25) is 11.6 Å². The lowest BCUT2D eigenvalue weighted by molar-refractivity contribution is -0.140. The number of Topliss-reactive ketones (excluding diaryl/α,β-unsaturated/α-hetero) is 2. The van der Waals surface area contributed by atoms with Crippen molar-refractivity contribution in [2.45, 2.75) is 27.2 Å². The van der Waals surface area contributed by atoms with Crippen LogP contribution in [0.15, 0.2) is 18.2 Å². The van der Waals surface area contributed by atoms with Crippen molar-refractivity contribution >= 4 is 11.6 Å². The summed E-state index contributed by atoms with van der Waals surface area (Å²) in [5.41, 5.74) is -0.00661. The number of hydrogen-bond donors (Lipinski definition) is 0. The molecule has 0 amide bonds. The molecule has 104 valence electrons. The van der Waals surface area contributed by atoms with Gasteiger partial charge in [0.1, 0.15) is 11.5 Å². The average Bonchev–Trinajstić information content (AvgIpc) is 2.36. The second-order valence-electron chi connectivity index (χ2n) is 5.36. The van der Waals surface area contributed by atoms with Crippen LogP contribution in [0.1, 0.15) is 26.3 Å². The van der Waals surface area contributed by atoms with E-state index in [0.717, 1.165) is 0 Å². The number of hydrogen-bond acceptors (Lipinski definition) is 4. The first kappa shape index (κ1) is 15.2. The van der Waals surface area contributed by atoms with Crippen LogP contribution in [0.2, 0.25) is 0 Å². The van der Waals surface area contributed by atoms with Crippen molar-refractivity contribution in [3.63, 3.8) is 0 Å². The highest BCUT2D eigenvalue weighted by Crippen LogP contribution is 2.25. The number of ketones is 2. The van der Waals surface area contributed by atoms with Crippen LogP contribution in [0.25, 0.3) is 0 Å². The largest absolute Gasteiger partial charge is 0.497 e. The van der Waals surface area contributed by atoms with Gasteiger partial charge in [0.05, 0.1) is 14.2 Å². The summed E-state index contributed by atoms with van der Waals surface area (Å²) >= 11 is 0. The van der Waals surface area contributed by atoms with Crippen LogP contribution in [0.4, 0.5) is 0 Å². The molecule has 4 nitrogen and oxygen atoms in total. The molecule has 4 heteroatoms. The van der Waals surface area contributed by atoms with E-state index < -0.39 is 11.2 Å². The zero-order valence-corrected chi connectivity index (χ0v) is 12.1. The van der Waals surface area contributed by atoms with E-state index in [1.165, 1.54) is 7.11 Å². The summed E-state index contributed by atoms with van der Waals surface area (Å²) in [4.78, 5) is 23.9. The molecule has 0 aliphatic carbocycles. The fraction of sp³-hybridized carbons (Fsp3) is 0.467. The van der Waals surface area contributed by atoms with E-state index in [2.05, 4.69) is 0 Å². The highest BCUT2D eigenvalue weighted by Gasteiger charge is 2.28. The predicted octanol–water partition coefficient (Wildman–Crippen LogP) is 2.43. The maximum absolute atomic E-state index is 12.0. The summed E-state index contributed by atoms with van der Waals surface area (Å²) in [7, 11) is 3.08. The Morgan fingerprint density at radius 2 is 1.74 bits per heavy atom. The van der Waals surface area contributed by atoms with Crippen LogP contribution in [-0.2, 0) is 16.0 Å². The Balaban J connectivity index is 2.98. The fourth-order valence-electron chi connectivity index (χ4n) is 1.69. The van der Waals surface area contributed by atoms with Gasteiger partial charge in [-0.25, -0.2) is 0 Å². The van der Waals surface area contributed by atoms with Crippen LogP contribution < -0.4 is 9.47 Å². The zero-order chi connectivity index (χ0) is 14.6. The lowest BCUT2D eigenvalue weighted by Crippen LogP contribution is -2.29.